The summed E-state index contributed by atoms with van der Waals surface area (Å²) >= 11 is 0. The molecule has 0 unspecified atom stereocenters. The summed E-state index contributed by atoms with van der Waals surface area (Å²) in [6, 6.07) is -6.02. The molecule has 15 heteroatoms. The largest absolute Gasteiger partial charge is 0.481 e. The van der Waals surface area contributed by atoms with Crippen molar-refractivity contribution in [1.29, 1.82) is 0 Å². The van der Waals surface area contributed by atoms with Gasteiger partial charge in [0.1, 0.15) is 18.1 Å². The van der Waals surface area contributed by atoms with E-state index in [9.17, 15) is 33.9 Å². The van der Waals surface area contributed by atoms with E-state index >= 15 is 0 Å². The van der Waals surface area contributed by atoms with Gasteiger partial charge in [0.05, 0.1) is 25.0 Å². The van der Waals surface area contributed by atoms with Gasteiger partial charge in [-0.3, -0.25) is 24.0 Å². The highest BCUT2D eigenvalue weighted by molar-refractivity contribution is 5.95. The van der Waals surface area contributed by atoms with Crippen LogP contribution in [0.4, 0.5) is 0 Å². The molecule has 15 nitrogen and oxygen atoms in total. The van der Waals surface area contributed by atoms with Crippen LogP contribution in [0.3, 0.4) is 0 Å². The number of aliphatic carboxylic acids is 2. The molecular formula is C18H32N6O9. The Hall–Kier alpha value is -3.30. The Morgan fingerprint density at radius 2 is 1.42 bits per heavy atom. The molecule has 33 heavy (non-hydrogen) atoms. The number of aliphatic hydroxyl groups is 1. The molecule has 188 valence electrons. The Bertz CT molecular complexity index is 730. The maximum Gasteiger partial charge on any atom is 0.326 e. The first-order valence-electron chi connectivity index (χ1n) is 10.1. The van der Waals surface area contributed by atoms with E-state index in [-0.39, 0.29) is 6.42 Å². The van der Waals surface area contributed by atoms with Crippen LogP contribution in [0.2, 0.25) is 0 Å². The van der Waals surface area contributed by atoms with Crippen molar-refractivity contribution in [3.05, 3.63) is 0 Å². The van der Waals surface area contributed by atoms with Crippen molar-refractivity contribution in [1.82, 2.24) is 16.0 Å². The van der Waals surface area contributed by atoms with Crippen LogP contribution in [0.5, 0.6) is 0 Å². The molecule has 0 fully saturated rings. The first-order valence-corrected chi connectivity index (χ1v) is 10.1. The van der Waals surface area contributed by atoms with Crippen molar-refractivity contribution in [2.45, 2.75) is 69.3 Å². The lowest BCUT2D eigenvalue weighted by atomic mass is 10.1. The molecule has 0 radical (unpaired) electrons. The number of primary amides is 1. The van der Waals surface area contributed by atoms with E-state index in [2.05, 4.69) is 10.6 Å². The van der Waals surface area contributed by atoms with Gasteiger partial charge in [-0.15, -0.1) is 0 Å². The van der Waals surface area contributed by atoms with Crippen molar-refractivity contribution in [2.75, 3.05) is 6.54 Å². The summed E-state index contributed by atoms with van der Waals surface area (Å²) in [5, 5.41) is 34.2. The first-order chi connectivity index (χ1) is 15.3. The number of nitrogens with one attached hydrogen (secondary N) is 3. The summed E-state index contributed by atoms with van der Waals surface area (Å²) in [5.74, 6) is -6.86. The molecule has 5 atom stereocenters. The van der Waals surface area contributed by atoms with Gasteiger partial charge in [0, 0.05) is 0 Å². The molecule has 0 saturated heterocycles. The SMILES string of the molecule is C[C@@H](O)[C@H](NC(=O)[C@H](CCCCN)NC(=O)[C@@H](N)CC(N)=O)C(=O)N[C@@H](CC(=O)O)C(=O)O. The number of amides is 4. The van der Waals surface area contributed by atoms with E-state index in [4.69, 9.17) is 27.4 Å². The predicted molar refractivity (Wildman–Crippen MR) is 112 cm³/mol. The normalized spacial score (nSPS) is 15.3. The molecule has 0 aliphatic heterocycles. The Kier molecular flexibility index (Phi) is 13.2. The lowest BCUT2D eigenvalue weighted by molar-refractivity contribution is -0.148. The van der Waals surface area contributed by atoms with Crippen LogP contribution in [0.1, 0.15) is 39.0 Å². The zero-order chi connectivity index (χ0) is 25.7. The average Bonchev–Trinajstić information content (AvgIpc) is 2.69. The molecule has 0 aromatic carbocycles. The molecule has 0 rings (SSSR count). The zero-order valence-corrected chi connectivity index (χ0v) is 18.2. The molecule has 0 saturated carbocycles. The molecule has 0 aromatic rings. The average molecular weight is 476 g/mol. The Labute approximate surface area is 189 Å². The summed E-state index contributed by atoms with van der Waals surface area (Å²) in [7, 11) is 0. The van der Waals surface area contributed by atoms with Crippen LogP contribution in [-0.4, -0.2) is 87.7 Å². The van der Waals surface area contributed by atoms with Gasteiger partial charge in [-0.2, -0.15) is 0 Å². The minimum atomic E-state index is -1.81. The van der Waals surface area contributed by atoms with Gasteiger partial charge in [-0.25, -0.2) is 4.79 Å². The van der Waals surface area contributed by atoms with Gasteiger partial charge in [-0.1, -0.05) is 0 Å². The van der Waals surface area contributed by atoms with Gasteiger partial charge >= 0.3 is 11.9 Å². The van der Waals surface area contributed by atoms with E-state index in [1.54, 1.807) is 0 Å². The fourth-order valence-electron chi connectivity index (χ4n) is 2.65. The summed E-state index contributed by atoms with van der Waals surface area (Å²) in [5.41, 5.74) is 16.0. The lowest BCUT2D eigenvalue weighted by Crippen LogP contribution is -2.60. The quantitative estimate of drug-likeness (QED) is 0.0960. The standard InChI is InChI=1S/C18H32N6O9/c1-8(25)14(17(31)23-11(18(32)33)7-13(27)28)24-16(30)10(4-2-3-5-19)22-15(29)9(20)6-12(21)26/h8-11,14,25H,2-7,19-20H2,1H3,(H2,21,26)(H,22,29)(H,23,31)(H,24,30)(H,27,28)(H,32,33)/t8-,9+,10+,11+,14+/m1/s1. The fraction of sp³-hybridized carbons (Fsp3) is 0.667. The van der Waals surface area contributed by atoms with Crippen LogP contribution in [0, 0.1) is 0 Å². The topological polar surface area (TPSA) is 277 Å². The molecular weight excluding hydrogens is 444 g/mol. The predicted octanol–water partition coefficient (Wildman–Crippen LogP) is -4.29. The molecule has 0 heterocycles. The van der Waals surface area contributed by atoms with Gasteiger partial charge < -0.3 is 48.5 Å². The number of carbonyl (C=O) groups excluding carboxylic acids is 4. The Morgan fingerprint density at radius 1 is 0.848 bits per heavy atom. The first kappa shape index (κ1) is 29.7. The molecule has 0 spiro atoms. The number of rotatable bonds is 16. The highest BCUT2D eigenvalue weighted by atomic mass is 16.4. The Balaban J connectivity index is 5.45. The second kappa shape index (κ2) is 14.7. The van der Waals surface area contributed by atoms with Crippen molar-refractivity contribution >= 4 is 35.6 Å². The van der Waals surface area contributed by atoms with Gasteiger partial charge in [-0.05, 0) is 32.7 Å². The molecule has 0 aliphatic rings. The minimum absolute atomic E-state index is 0.0724. The van der Waals surface area contributed by atoms with E-state index < -0.39 is 78.7 Å². The summed E-state index contributed by atoms with van der Waals surface area (Å²) in [6.45, 7) is 1.45. The number of unbranched alkanes of at least 4 members (excludes halogenated alkanes) is 1. The molecule has 12 N–H and O–H groups in total. The third kappa shape index (κ3) is 11.8. The van der Waals surface area contributed by atoms with E-state index in [1.807, 2.05) is 5.32 Å². The smallest absolute Gasteiger partial charge is 0.326 e. The molecule has 0 aromatic heterocycles. The molecule has 0 bridgehead atoms. The third-order valence-electron chi connectivity index (χ3n) is 4.39. The number of hydrogen-bond donors (Lipinski definition) is 9. The van der Waals surface area contributed by atoms with Crippen LogP contribution in [0.15, 0.2) is 0 Å². The summed E-state index contributed by atoms with van der Waals surface area (Å²) in [4.78, 5) is 70.3. The zero-order valence-electron chi connectivity index (χ0n) is 18.2. The maximum atomic E-state index is 12.7. The van der Waals surface area contributed by atoms with E-state index in [0.29, 0.717) is 19.4 Å². The Morgan fingerprint density at radius 3 is 1.88 bits per heavy atom. The van der Waals surface area contributed by atoms with Crippen molar-refractivity contribution in [3.63, 3.8) is 0 Å². The van der Waals surface area contributed by atoms with Gasteiger partial charge in [0.25, 0.3) is 0 Å². The summed E-state index contributed by atoms with van der Waals surface area (Å²) in [6.07, 6.45) is -1.94. The number of carboxylic acid groups (broad SMARTS) is 2. The highest BCUT2D eigenvalue weighted by Crippen LogP contribution is 2.05. The monoisotopic (exact) mass is 476 g/mol. The number of hydrogen-bond acceptors (Lipinski definition) is 9. The highest BCUT2D eigenvalue weighted by Gasteiger charge is 2.33. The van der Waals surface area contributed by atoms with Gasteiger partial charge in [0.2, 0.25) is 23.6 Å². The maximum absolute atomic E-state index is 12.7. The third-order valence-corrected chi connectivity index (χ3v) is 4.39. The lowest BCUT2D eigenvalue weighted by Gasteiger charge is -2.26. The van der Waals surface area contributed by atoms with Crippen molar-refractivity contribution in [3.8, 4) is 0 Å². The second-order valence-electron chi connectivity index (χ2n) is 7.35. The minimum Gasteiger partial charge on any atom is -0.481 e. The number of aliphatic hydroxyl groups excluding tert-OH is 1. The van der Waals surface area contributed by atoms with E-state index in [1.165, 1.54) is 0 Å². The number of nitrogens with two attached hydrogens (primary N) is 3. The molecule has 0 aliphatic carbocycles. The number of carboxylic acids is 2. The van der Waals surface area contributed by atoms with Crippen LogP contribution >= 0.6 is 0 Å². The van der Waals surface area contributed by atoms with Crippen molar-refractivity contribution < 1.29 is 44.1 Å². The fourth-order valence-corrected chi connectivity index (χ4v) is 2.65. The van der Waals surface area contributed by atoms with Crippen LogP contribution < -0.4 is 33.2 Å². The summed E-state index contributed by atoms with van der Waals surface area (Å²) < 4.78 is 0. The van der Waals surface area contributed by atoms with Gasteiger partial charge in [0.15, 0.2) is 0 Å². The number of carbonyl (C=O) groups is 6. The van der Waals surface area contributed by atoms with E-state index in [0.717, 1.165) is 6.92 Å². The second-order valence-corrected chi connectivity index (χ2v) is 7.35. The van der Waals surface area contributed by atoms with Crippen LogP contribution in [-0.2, 0) is 28.8 Å². The van der Waals surface area contributed by atoms with Crippen LogP contribution in [0.25, 0.3) is 0 Å². The molecule has 4 amide bonds. The van der Waals surface area contributed by atoms with Crippen molar-refractivity contribution in [2.24, 2.45) is 17.2 Å².